The normalized spacial score (nSPS) is 11.8. The fourth-order valence-electron chi connectivity index (χ4n) is 2.40. The molecule has 0 bridgehead atoms. The van der Waals surface area contributed by atoms with E-state index in [0.29, 0.717) is 5.56 Å². The van der Waals surface area contributed by atoms with E-state index in [1.807, 2.05) is 60.7 Å². The summed E-state index contributed by atoms with van der Waals surface area (Å²) in [5, 5.41) is 2.90. The van der Waals surface area contributed by atoms with Gasteiger partial charge in [-0.15, -0.1) is 0 Å². The third-order valence-electron chi connectivity index (χ3n) is 3.53. The summed E-state index contributed by atoms with van der Waals surface area (Å²) in [5.74, 6) is 1.48. The van der Waals surface area contributed by atoms with Crippen LogP contribution in [-0.4, -0.2) is 5.91 Å². The lowest BCUT2D eigenvalue weighted by Crippen LogP contribution is -2.11. The Morgan fingerprint density at radius 2 is 1.57 bits per heavy atom. The zero-order chi connectivity index (χ0) is 15.6. The van der Waals surface area contributed by atoms with Gasteiger partial charge in [0.1, 0.15) is 11.5 Å². The van der Waals surface area contributed by atoms with Gasteiger partial charge >= 0.3 is 0 Å². The quantitative estimate of drug-likeness (QED) is 0.552. The largest absolute Gasteiger partial charge is 0.455 e. The predicted octanol–water partition coefficient (Wildman–Crippen LogP) is 5.20. The van der Waals surface area contributed by atoms with Crippen LogP contribution in [0.2, 0.25) is 0 Å². The highest BCUT2D eigenvalue weighted by Gasteiger charge is 2.18. The van der Waals surface area contributed by atoms with Crippen molar-refractivity contribution in [3.8, 4) is 11.5 Å². The summed E-state index contributed by atoms with van der Waals surface area (Å²) in [6.07, 6.45) is 0. The highest BCUT2D eigenvalue weighted by molar-refractivity contribution is 7.99. The number of ether oxygens (including phenoxy) is 1. The van der Waals surface area contributed by atoms with Crippen LogP contribution < -0.4 is 10.1 Å². The highest BCUT2D eigenvalue weighted by Crippen LogP contribution is 2.47. The van der Waals surface area contributed by atoms with E-state index >= 15 is 0 Å². The van der Waals surface area contributed by atoms with Gasteiger partial charge in [0, 0.05) is 17.3 Å². The highest BCUT2D eigenvalue weighted by atomic mass is 32.2. The first-order valence-corrected chi connectivity index (χ1v) is 8.06. The van der Waals surface area contributed by atoms with Crippen molar-refractivity contribution < 1.29 is 9.53 Å². The van der Waals surface area contributed by atoms with Crippen LogP contribution >= 0.6 is 11.8 Å². The molecule has 112 valence electrons. The molecule has 3 aromatic rings. The van der Waals surface area contributed by atoms with Crippen LogP contribution in [0.1, 0.15) is 10.4 Å². The standard InChI is InChI=1S/C19H13NO2S/c21-19(13-6-2-1-3-7-13)20-14-10-11-18-16(12-14)22-15-8-4-5-9-17(15)23-18/h1-12H,(H,20,21). The van der Waals surface area contributed by atoms with Crippen LogP contribution in [0.5, 0.6) is 11.5 Å². The molecule has 1 amide bonds. The van der Waals surface area contributed by atoms with Crippen LogP contribution in [0.3, 0.4) is 0 Å². The first-order chi connectivity index (χ1) is 11.3. The fourth-order valence-corrected chi connectivity index (χ4v) is 3.33. The van der Waals surface area contributed by atoms with E-state index in [9.17, 15) is 4.79 Å². The van der Waals surface area contributed by atoms with Gasteiger partial charge in [0.2, 0.25) is 0 Å². The molecule has 3 nitrogen and oxygen atoms in total. The summed E-state index contributed by atoms with van der Waals surface area (Å²) in [5.41, 5.74) is 1.35. The predicted molar refractivity (Wildman–Crippen MR) is 91.5 cm³/mol. The molecular weight excluding hydrogens is 306 g/mol. The topological polar surface area (TPSA) is 38.3 Å². The lowest BCUT2D eigenvalue weighted by atomic mass is 10.2. The van der Waals surface area contributed by atoms with E-state index in [1.165, 1.54) is 0 Å². The monoisotopic (exact) mass is 319 g/mol. The molecular formula is C19H13NO2S. The Kier molecular flexibility index (Phi) is 3.52. The van der Waals surface area contributed by atoms with E-state index in [-0.39, 0.29) is 5.91 Å². The maximum Gasteiger partial charge on any atom is 0.255 e. The summed E-state index contributed by atoms with van der Waals surface area (Å²) < 4.78 is 5.93. The Hall–Kier alpha value is -2.72. The van der Waals surface area contributed by atoms with Gasteiger partial charge in [0.25, 0.3) is 5.91 Å². The van der Waals surface area contributed by atoms with Crippen molar-refractivity contribution in [3.05, 3.63) is 78.4 Å². The lowest BCUT2D eigenvalue weighted by molar-refractivity contribution is 0.102. The van der Waals surface area contributed by atoms with Gasteiger partial charge in [0.05, 0.1) is 9.79 Å². The number of hydrogen-bond acceptors (Lipinski definition) is 3. The smallest absolute Gasteiger partial charge is 0.255 e. The summed E-state index contributed by atoms with van der Waals surface area (Å²) in [7, 11) is 0. The van der Waals surface area contributed by atoms with Gasteiger partial charge in [-0.1, -0.05) is 42.1 Å². The summed E-state index contributed by atoms with van der Waals surface area (Å²) in [6.45, 7) is 0. The number of benzene rings is 3. The third kappa shape index (κ3) is 2.81. The van der Waals surface area contributed by atoms with E-state index < -0.39 is 0 Å². The van der Waals surface area contributed by atoms with Crippen LogP contribution in [0.4, 0.5) is 5.69 Å². The Morgan fingerprint density at radius 3 is 2.43 bits per heavy atom. The first-order valence-electron chi connectivity index (χ1n) is 7.25. The van der Waals surface area contributed by atoms with Crippen molar-refractivity contribution in [2.24, 2.45) is 0 Å². The average Bonchev–Trinajstić information content (AvgIpc) is 2.60. The number of amides is 1. The van der Waals surface area contributed by atoms with Crippen molar-refractivity contribution in [1.82, 2.24) is 0 Å². The van der Waals surface area contributed by atoms with Crippen molar-refractivity contribution in [2.75, 3.05) is 5.32 Å². The van der Waals surface area contributed by atoms with E-state index in [4.69, 9.17) is 4.74 Å². The molecule has 1 N–H and O–H groups in total. The maximum absolute atomic E-state index is 12.2. The van der Waals surface area contributed by atoms with Gasteiger partial charge in [-0.3, -0.25) is 4.79 Å². The van der Waals surface area contributed by atoms with Crippen molar-refractivity contribution in [2.45, 2.75) is 9.79 Å². The number of hydrogen-bond donors (Lipinski definition) is 1. The number of para-hydroxylation sites is 1. The molecule has 1 aliphatic rings. The molecule has 1 heterocycles. The van der Waals surface area contributed by atoms with Gasteiger partial charge in [-0.05, 0) is 36.4 Å². The van der Waals surface area contributed by atoms with Crippen LogP contribution in [0.25, 0.3) is 0 Å². The van der Waals surface area contributed by atoms with Crippen molar-refractivity contribution in [3.63, 3.8) is 0 Å². The van der Waals surface area contributed by atoms with Gasteiger partial charge in [-0.2, -0.15) is 0 Å². The molecule has 0 aromatic heterocycles. The molecule has 0 aliphatic carbocycles. The molecule has 0 saturated heterocycles. The molecule has 1 aliphatic heterocycles. The van der Waals surface area contributed by atoms with Crippen LogP contribution in [0.15, 0.2) is 82.6 Å². The zero-order valence-electron chi connectivity index (χ0n) is 12.2. The van der Waals surface area contributed by atoms with Crippen molar-refractivity contribution in [1.29, 1.82) is 0 Å². The molecule has 0 radical (unpaired) electrons. The van der Waals surface area contributed by atoms with Crippen LogP contribution in [0, 0.1) is 0 Å². The molecule has 23 heavy (non-hydrogen) atoms. The minimum atomic E-state index is -0.130. The number of nitrogens with one attached hydrogen (secondary N) is 1. The van der Waals surface area contributed by atoms with Gasteiger partial charge < -0.3 is 10.1 Å². The van der Waals surface area contributed by atoms with Gasteiger partial charge in [-0.25, -0.2) is 0 Å². The number of anilines is 1. The fraction of sp³-hybridized carbons (Fsp3) is 0. The molecule has 4 heteroatoms. The Morgan fingerprint density at radius 1 is 0.826 bits per heavy atom. The minimum Gasteiger partial charge on any atom is -0.455 e. The van der Waals surface area contributed by atoms with E-state index in [0.717, 1.165) is 27.0 Å². The maximum atomic E-state index is 12.2. The molecule has 0 spiro atoms. The first kappa shape index (κ1) is 13.9. The molecule has 0 fully saturated rings. The Labute approximate surface area is 138 Å². The summed E-state index contributed by atoms with van der Waals surface area (Å²) in [4.78, 5) is 14.4. The molecule has 0 unspecified atom stereocenters. The summed E-state index contributed by atoms with van der Waals surface area (Å²) >= 11 is 1.67. The SMILES string of the molecule is O=C(Nc1ccc2c(c1)Oc1ccccc1S2)c1ccccc1. The number of rotatable bonds is 2. The molecule has 3 aromatic carbocycles. The Bertz CT molecular complexity index is 878. The second-order valence-electron chi connectivity index (χ2n) is 5.13. The summed E-state index contributed by atoms with van der Waals surface area (Å²) in [6, 6.07) is 22.8. The number of carbonyl (C=O) groups is 1. The molecule has 4 rings (SSSR count). The van der Waals surface area contributed by atoms with E-state index in [2.05, 4.69) is 5.32 Å². The molecule has 0 saturated carbocycles. The number of fused-ring (bicyclic) bond motifs is 2. The average molecular weight is 319 g/mol. The Balaban J connectivity index is 1.58. The minimum absolute atomic E-state index is 0.130. The van der Waals surface area contributed by atoms with Crippen LogP contribution in [-0.2, 0) is 0 Å². The molecule has 0 atom stereocenters. The lowest BCUT2D eigenvalue weighted by Gasteiger charge is -2.20. The second kappa shape index (κ2) is 5.82. The van der Waals surface area contributed by atoms with E-state index in [1.54, 1.807) is 23.9 Å². The second-order valence-corrected chi connectivity index (χ2v) is 6.22. The zero-order valence-corrected chi connectivity index (χ0v) is 13.0. The van der Waals surface area contributed by atoms with Crippen molar-refractivity contribution >= 4 is 23.4 Å². The third-order valence-corrected chi connectivity index (χ3v) is 4.64. The number of carbonyl (C=O) groups excluding carboxylic acids is 1. The van der Waals surface area contributed by atoms with Gasteiger partial charge in [0.15, 0.2) is 0 Å².